The molecule has 0 aliphatic carbocycles. The molecular formula is C39H37ClFN5O6S. The van der Waals surface area contributed by atoms with Crippen LogP contribution in [-0.4, -0.2) is 88.3 Å². The number of aromatic nitrogens is 3. The lowest BCUT2D eigenvalue weighted by Gasteiger charge is -2.32. The summed E-state index contributed by atoms with van der Waals surface area (Å²) in [4.78, 5) is 31.7. The van der Waals surface area contributed by atoms with Gasteiger partial charge in [-0.1, -0.05) is 41.9 Å². The number of ether oxygens (including phenoxy) is 3. The van der Waals surface area contributed by atoms with Crippen LogP contribution in [0.15, 0.2) is 83.7 Å². The standard InChI is InChI=1S/C39H37ClFN5O6S/c1-24-27(10-11-29(35(24)40)49-20-19-46-17-15-45(2)16-18-46)33-34-37(43-23-44-38(34)53-36(33)30-12-13-32(41)51-30)52-31(39(47)48)21-25-7-3-4-9-28(25)50-22-26-8-5-6-14-42-26/h3-14,23,31H,15-22H2,1-2H3,(H,47,48)/t31-/m1/s1. The predicted octanol–water partition coefficient (Wildman–Crippen LogP) is 7.39. The SMILES string of the molecule is Cc1c(-c2c(-c3ccc(F)o3)sc3ncnc(O[C@H](Cc4ccccc4OCc4ccccn4)C(=O)O)c23)ccc(OCCN2CCN(C)CC2)c1Cl. The van der Waals surface area contributed by atoms with Crippen molar-refractivity contribution in [3.63, 3.8) is 0 Å². The van der Waals surface area contributed by atoms with Crippen molar-refractivity contribution in [2.24, 2.45) is 0 Å². The first-order valence-electron chi connectivity index (χ1n) is 17.1. The summed E-state index contributed by atoms with van der Waals surface area (Å²) in [5, 5.41) is 11.3. The number of halogens is 2. The molecule has 0 saturated carbocycles. The maximum Gasteiger partial charge on any atom is 0.345 e. The number of para-hydroxylation sites is 1. The zero-order chi connectivity index (χ0) is 36.9. The van der Waals surface area contributed by atoms with Crippen molar-refractivity contribution < 1.29 is 32.9 Å². The van der Waals surface area contributed by atoms with Crippen molar-refractivity contribution in [1.29, 1.82) is 0 Å². The molecule has 4 aromatic heterocycles. The minimum absolute atomic E-state index is 0.0278. The third kappa shape index (κ3) is 8.28. The van der Waals surface area contributed by atoms with Gasteiger partial charge in [-0.2, -0.15) is 4.39 Å². The van der Waals surface area contributed by atoms with Crippen LogP contribution in [0.1, 0.15) is 16.8 Å². The van der Waals surface area contributed by atoms with E-state index < -0.39 is 18.1 Å². The molecule has 0 bridgehead atoms. The molecule has 0 radical (unpaired) electrons. The van der Waals surface area contributed by atoms with E-state index in [-0.39, 0.29) is 24.7 Å². The number of piperazine rings is 1. The molecule has 53 heavy (non-hydrogen) atoms. The summed E-state index contributed by atoms with van der Waals surface area (Å²) >= 11 is 8.21. The van der Waals surface area contributed by atoms with Gasteiger partial charge < -0.3 is 28.6 Å². The maximum atomic E-state index is 14.3. The van der Waals surface area contributed by atoms with E-state index in [1.807, 2.05) is 43.3 Å². The molecule has 14 heteroatoms. The van der Waals surface area contributed by atoms with Gasteiger partial charge in [0.25, 0.3) is 6.01 Å². The van der Waals surface area contributed by atoms with Crippen LogP contribution in [0.4, 0.5) is 4.39 Å². The number of nitrogens with zero attached hydrogens (tertiary/aromatic N) is 5. The van der Waals surface area contributed by atoms with Gasteiger partial charge in [-0.15, -0.1) is 11.3 Å². The van der Waals surface area contributed by atoms with Gasteiger partial charge in [0.2, 0.25) is 12.0 Å². The summed E-state index contributed by atoms with van der Waals surface area (Å²) < 4.78 is 38.2. The first-order chi connectivity index (χ1) is 25.7. The van der Waals surface area contributed by atoms with Crippen LogP contribution in [0.3, 0.4) is 0 Å². The van der Waals surface area contributed by atoms with Crippen LogP contribution in [0.2, 0.25) is 5.02 Å². The summed E-state index contributed by atoms with van der Waals surface area (Å²) in [6.07, 6.45) is 1.61. The lowest BCUT2D eigenvalue weighted by Crippen LogP contribution is -2.45. The van der Waals surface area contributed by atoms with Gasteiger partial charge >= 0.3 is 5.97 Å². The zero-order valence-electron chi connectivity index (χ0n) is 29.1. The highest BCUT2D eigenvalue weighted by atomic mass is 35.5. The van der Waals surface area contributed by atoms with E-state index >= 15 is 0 Å². The highest BCUT2D eigenvalue weighted by Gasteiger charge is 2.29. The molecule has 0 unspecified atom stereocenters. The Morgan fingerprint density at radius 2 is 1.81 bits per heavy atom. The van der Waals surface area contributed by atoms with Crippen LogP contribution in [0, 0.1) is 12.9 Å². The fourth-order valence-corrected chi connectivity index (χ4v) is 7.55. The zero-order valence-corrected chi connectivity index (χ0v) is 30.7. The summed E-state index contributed by atoms with van der Waals surface area (Å²) in [5.41, 5.74) is 3.31. The molecule has 11 nitrogen and oxygen atoms in total. The molecule has 6 aromatic rings. The molecule has 1 atom stereocenters. The number of likely N-dealkylation sites (N-methyl/N-ethyl adjacent to an activating group) is 1. The van der Waals surface area contributed by atoms with Crippen LogP contribution in [0.25, 0.3) is 32.0 Å². The average molecular weight is 758 g/mol. The van der Waals surface area contributed by atoms with E-state index in [0.717, 1.165) is 38.4 Å². The summed E-state index contributed by atoms with van der Waals surface area (Å²) in [6, 6.07) is 18.4. The molecule has 7 rings (SSSR count). The second-order valence-electron chi connectivity index (χ2n) is 12.7. The van der Waals surface area contributed by atoms with Gasteiger partial charge in [0, 0.05) is 57.0 Å². The normalized spacial score (nSPS) is 14.3. The van der Waals surface area contributed by atoms with Crippen LogP contribution >= 0.6 is 22.9 Å². The van der Waals surface area contributed by atoms with Crippen molar-refractivity contribution in [2.45, 2.75) is 26.1 Å². The lowest BCUT2D eigenvalue weighted by molar-refractivity contribution is -0.145. The van der Waals surface area contributed by atoms with Crippen molar-refractivity contribution in [2.75, 3.05) is 46.4 Å². The molecule has 1 fully saturated rings. The van der Waals surface area contributed by atoms with Crippen molar-refractivity contribution in [3.05, 3.63) is 107 Å². The van der Waals surface area contributed by atoms with Crippen LogP contribution in [0.5, 0.6) is 17.4 Å². The fraction of sp³-hybridized carbons (Fsp3) is 0.282. The molecular weight excluding hydrogens is 721 g/mol. The minimum Gasteiger partial charge on any atom is -0.491 e. The molecule has 1 saturated heterocycles. The second-order valence-corrected chi connectivity index (χ2v) is 14.1. The third-order valence-electron chi connectivity index (χ3n) is 9.14. The van der Waals surface area contributed by atoms with E-state index in [0.29, 0.717) is 60.5 Å². The summed E-state index contributed by atoms with van der Waals surface area (Å²) in [6.45, 7) is 7.32. The molecule has 0 amide bonds. The van der Waals surface area contributed by atoms with Crippen LogP contribution in [-0.2, 0) is 17.8 Å². The number of benzene rings is 2. The number of fused-ring (bicyclic) bond motifs is 1. The number of pyridine rings is 1. The Morgan fingerprint density at radius 3 is 2.57 bits per heavy atom. The first-order valence-corrected chi connectivity index (χ1v) is 18.3. The van der Waals surface area contributed by atoms with E-state index in [4.69, 9.17) is 30.2 Å². The quantitative estimate of drug-likeness (QED) is 0.120. The summed E-state index contributed by atoms with van der Waals surface area (Å²) in [7, 11) is 2.12. The largest absolute Gasteiger partial charge is 0.491 e. The van der Waals surface area contributed by atoms with Crippen molar-refractivity contribution in [1.82, 2.24) is 24.8 Å². The molecule has 274 valence electrons. The number of hydrogen-bond donors (Lipinski definition) is 1. The molecule has 1 aliphatic rings. The van der Waals surface area contributed by atoms with Crippen LogP contribution < -0.4 is 14.2 Å². The number of hydrogen-bond acceptors (Lipinski definition) is 11. The predicted molar refractivity (Wildman–Crippen MR) is 200 cm³/mol. The fourth-order valence-electron chi connectivity index (χ4n) is 6.22. The molecule has 1 N–H and O–H groups in total. The van der Waals surface area contributed by atoms with Gasteiger partial charge in [0.1, 0.15) is 41.6 Å². The molecule has 1 aliphatic heterocycles. The number of carboxylic acid groups (broad SMARTS) is 1. The van der Waals surface area contributed by atoms with E-state index in [2.05, 4.69) is 31.8 Å². The molecule has 2 aromatic carbocycles. The van der Waals surface area contributed by atoms with Gasteiger partial charge in [-0.3, -0.25) is 9.88 Å². The van der Waals surface area contributed by atoms with Crippen molar-refractivity contribution in [3.8, 4) is 39.1 Å². The van der Waals surface area contributed by atoms with Gasteiger partial charge in [-0.25, -0.2) is 14.8 Å². The van der Waals surface area contributed by atoms with Crippen molar-refractivity contribution >= 4 is 39.1 Å². The Kier molecular flexibility index (Phi) is 11.2. The second kappa shape index (κ2) is 16.3. The average Bonchev–Trinajstić information content (AvgIpc) is 3.78. The maximum absolute atomic E-state index is 14.3. The van der Waals surface area contributed by atoms with Gasteiger partial charge in [0.15, 0.2) is 0 Å². The highest BCUT2D eigenvalue weighted by molar-refractivity contribution is 7.22. The number of thiophene rings is 1. The molecule has 5 heterocycles. The highest BCUT2D eigenvalue weighted by Crippen LogP contribution is 2.49. The lowest BCUT2D eigenvalue weighted by atomic mass is 9.97. The minimum atomic E-state index is -1.36. The Balaban J connectivity index is 1.21. The Hall–Kier alpha value is -5.08. The van der Waals surface area contributed by atoms with Gasteiger partial charge in [-0.05, 0) is 61.0 Å². The Labute approximate surface area is 314 Å². The van der Waals surface area contributed by atoms with E-state index in [1.165, 1.54) is 29.8 Å². The number of aliphatic carboxylic acids is 1. The monoisotopic (exact) mass is 757 g/mol. The molecule has 0 spiro atoms. The summed E-state index contributed by atoms with van der Waals surface area (Å²) in [5.74, 6) is 0.161. The Bertz CT molecular complexity index is 2210. The topological polar surface area (TPSA) is 123 Å². The number of rotatable bonds is 14. The van der Waals surface area contributed by atoms with E-state index in [1.54, 1.807) is 24.4 Å². The third-order valence-corrected chi connectivity index (χ3v) is 10.7. The van der Waals surface area contributed by atoms with Gasteiger partial charge in [0.05, 0.1) is 21.0 Å². The number of furan rings is 1. The number of carboxylic acids is 1. The van der Waals surface area contributed by atoms with E-state index in [9.17, 15) is 14.3 Å². The Morgan fingerprint density at radius 1 is 1.00 bits per heavy atom. The smallest absolute Gasteiger partial charge is 0.345 e. The number of carbonyl (C=O) groups is 1. The first kappa shape index (κ1) is 36.3.